The molecule has 0 unspecified atom stereocenters. The van der Waals surface area contributed by atoms with Crippen molar-refractivity contribution in [1.29, 1.82) is 0 Å². The number of hydrogen-bond donors (Lipinski definition) is 0. The minimum Gasteiger partial charge on any atom is -0.339 e. The van der Waals surface area contributed by atoms with E-state index in [9.17, 15) is 18.0 Å². The lowest BCUT2D eigenvalue weighted by Gasteiger charge is -2.34. The Morgan fingerprint density at radius 1 is 1.06 bits per heavy atom. The summed E-state index contributed by atoms with van der Waals surface area (Å²) in [6.07, 6.45) is 3.75. The summed E-state index contributed by atoms with van der Waals surface area (Å²) in [6, 6.07) is 6.77. The van der Waals surface area contributed by atoms with E-state index < -0.39 is 11.7 Å². The van der Waals surface area contributed by atoms with Gasteiger partial charge in [-0.3, -0.25) is 4.79 Å². The monoisotopic (exact) mass is 472 g/mol. The van der Waals surface area contributed by atoms with E-state index in [0.29, 0.717) is 61.5 Å². The van der Waals surface area contributed by atoms with Crippen LogP contribution in [0, 0.1) is 5.92 Å². The summed E-state index contributed by atoms with van der Waals surface area (Å²) in [5, 5.41) is 4.55. The molecule has 3 aromatic rings. The van der Waals surface area contributed by atoms with Gasteiger partial charge < -0.3 is 9.80 Å². The fraction of sp³-hybridized carbons (Fsp3) is 0.500. The average Bonchev–Trinajstić information content (AvgIpc) is 3.52. The molecule has 2 aliphatic rings. The summed E-state index contributed by atoms with van der Waals surface area (Å²) in [5.74, 6) is 1.69. The Kier molecular flexibility index (Phi) is 6.14. The molecule has 1 aromatic carbocycles. The zero-order valence-electron chi connectivity index (χ0n) is 18.8. The highest BCUT2D eigenvalue weighted by Crippen LogP contribution is 2.32. The number of fused-ring (bicyclic) bond motifs is 1. The first-order chi connectivity index (χ1) is 16.4. The van der Waals surface area contributed by atoms with Crippen molar-refractivity contribution in [3.63, 3.8) is 0 Å². The molecule has 0 spiro atoms. The Hall–Kier alpha value is -3.17. The lowest BCUT2D eigenvalue weighted by molar-refractivity contribution is -0.137. The van der Waals surface area contributed by atoms with Crippen LogP contribution in [0.1, 0.15) is 44.1 Å². The summed E-state index contributed by atoms with van der Waals surface area (Å²) in [5.41, 5.74) is 0.149. The van der Waals surface area contributed by atoms with Gasteiger partial charge in [-0.2, -0.15) is 22.7 Å². The molecule has 1 saturated heterocycles. The molecule has 1 aliphatic carbocycles. The van der Waals surface area contributed by atoms with Gasteiger partial charge in [0.2, 0.25) is 11.9 Å². The summed E-state index contributed by atoms with van der Waals surface area (Å²) >= 11 is 0. The second-order valence-corrected chi connectivity index (χ2v) is 9.09. The second-order valence-electron chi connectivity index (χ2n) is 9.09. The van der Waals surface area contributed by atoms with Crippen molar-refractivity contribution >= 4 is 17.6 Å². The van der Waals surface area contributed by atoms with Crippen LogP contribution < -0.4 is 4.90 Å². The highest BCUT2D eigenvalue weighted by atomic mass is 19.4. The van der Waals surface area contributed by atoms with Crippen LogP contribution in [0.3, 0.4) is 0 Å². The molecule has 5 rings (SSSR count). The van der Waals surface area contributed by atoms with E-state index in [1.807, 2.05) is 9.80 Å². The van der Waals surface area contributed by atoms with E-state index in [1.54, 1.807) is 12.1 Å². The van der Waals surface area contributed by atoms with Crippen LogP contribution in [0.25, 0.3) is 17.0 Å². The van der Waals surface area contributed by atoms with Crippen LogP contribution in [0.2, 0.25) is 0 Å². The molecule has 0 N–H and O–H groups in total. The third-order valence-electron chi connectivity index (χ3n) is 6.87. The van der Waals surface area contributed by atoms with Crippen LogP contribution in [0.4, 0.5) is 19.1 Å². The number of carbonyl (C=O) groups is 1. The van der Waals surface area contributed by atoms with Gasteiger partial charge in [0.15, 0.2) is 0 Å². The van der Waals surface area contributed by atoms with Crippen molar-refractivity contribution in [2.24, 2.45) is 5.92 Å². The smallest absolute Gasteiger partial charge is 0.339 e. The van der Waals surface area contributed by atoms with Gasteiger partial charge >= 0.3 is 6.18 Å². The summed E-state index contributed by atoms with van der Waals surface area (Å²) in [4.78, 5) is 25.3. The van der Waals surface area contributed by atoms with Gasteiger partial charge in [0.25, 0.3) is 5.78 Å². The molecule has 1 aliphatic heterocycles. The molecule has 180 valence electrons. The molecule has 1 saturated carbocycles. The van der Waals surface area contributed by atoms with E-state index >= 15 is 0 Å². The van der Waals surface area contributed by atoms with Crippen LogP contribution in [-0.4, -0.2) is 56.6 Å². The molecule has 1 amide bonds. The number of rotatable bonds is 5. The number of halogens is 3. The second kappa shape index (κ2) is 9.23. The molecule has 0 atom stereocenters. The molecule has 2 fully saturated rings. The number of piperazine rings is 1. The SMILES string of the molecule is O=C(CCC1CCCC1)N1CCN(c2nc3nccc(-c4cccc(C(F)(F)F)c4)n3n2)CC1. The Labute approximate surface area is 195 Å². The molecule has 3 heterocycles. The number of hydrogen-bond acceptors (Lipinski definition) is 5. The normalized spacial score (nSPS) is 17.6. The fourth-order valence-electron chi connectivity index (χ4n) is 4.93. The molecular weight excluding hydrogens is 445 g/mol. The van der Waals surface area contributed by atoms with Crippen molar-refractivity contribution in [2.45, 2.75) is 44.7 Å². The Bertz CT molecular complexity index is 1160. The summed E-state index contributed by atoms with van der Waals surface area (Å²) < 4.78 is 41.0. The van der Waals surface area contributed by atoms with Crippen LogP contribution in [0.15, 0.2) is 36.5 Å². The van der Waals surface area contributed by atoms with Gasteiger partial charge in [-0.1, -0.05) is 37.8 Å². The maximum Gasteiger partial charge on any atom is 0.416 e. The van der Waals surface area contributed by atoms with E-state index in [1.165, 1.54) is 42.5 Å². The molecule has 7 nitrogen and oxygen atoms in total. The number of alkyl halides is 3. The van der Waals surface area contributed by atoms with E-state index in [0.717, 1.165) is 18.6 Å². The fourth-order valence-corrected chi connectivity index (χ4v) is 4.93. The molecule has 2 aromatic heterocycles. The minimum atomic E-state index is -4.43. The number of anilines is 1. The molecule has 34 heavy (non-hydrogen) atoms. The number of nitrogens with zero attached hydrogens (tertiary/aromatic N) is 6. The van der Waals surface area contributed by atoms with Crippen LogP contribution in [-0.2, 0) is 11.0 Å². The predicted molar refractivity (Wildman–Crippen MR) is 121 cm³/mol. The first kappa shape index (κ1) is 22.6. The summed E-state index contributed by atoms with van der Waals surface area (Å²) in [7, 11) is 0. The van der Waals surface area contributed by atoms with Gasteiger partial charge in [0, 0.05) is 44.4 Å². The van der Waals surface area contributed by atoms with Gasteiger partial charge in [-0.25, -0.2) is 4.98 Å². The van der Waals surface area contributed by atoms with E-state index in [2.05, 4.69) is 15.1 Å². The number of carbonyl (C=O) groups excluding carboxylic acids is 1. The highest BCUT2D eigenvalue weighted by molar-refractivity contribution is 5.76. The first-order valence-corrected chi connectivity index (χ1v) is 11.8. The lowest BCUT2D eigenvalue weighted by atomic mass is 10.0. The van der Waals surface area contributed by atoms with Crippen molar-refractivity contribution in [1.82, 2.24) is 24.5 Å². The Morgan fingerprint density at radius 3 is 2.56 bits per heavy atom. The number of aromatic nitrogens is 4. The minimum absolute atomic E-state index is 0.211. The van der Waals surface area contributed by atoms with Crippen molar-refractivity contribution in [3.8, 4) is 11.3 Å². The first-order valence-electron chi connectivity index (χ1n) is 11.8. The highest BCUT2D eigenvalue weighted by Gasteiger charge is 2.31. The molecule has 0 bridgehead atoms. The third kappa shape index (κ3) is 4.71. The third-order valence-corrected chi connectivity index (χ3v) is 6.87. The van der Waals surface area contributed by atoms with Crippen LogP contribution in [0.5, 0.6) is 0 Å². The van der Waals surface area contributed by atoms with Crippen molar-refractivity contribution in [3.05, 3.63) is 42.1 Å². The van der Waals surface area contributed by atoms with Gasteiger partial charge in [0.05, 0.1) is 11.3 Å². The van der Waals surface area contributed by atoms with Gasteiger partial charge in [-0.05, 0) is 30.5 Å². The van der Waals surface area contributed by atoms with Gasteiger partial charge in [0.1, 0.15) is 0 Å². The average molecular weight is 473 g/mol. The quantitative estimate of drug-likeness (QED) is 0.550. The van der Waals surface area contributed by atoms with Gasteiger partial charge in [-0.15, -0.1) is 5.10 Å². The Morgan fingerprint density at radius 2 is 1.82 bits per heavy atom. The maximum atomic E-state index is 13.2. The summed E-state index contributed by atoms with van der Waals surface area (Å²) in [6.45, 7) is 2.41. The van der Waals surface area contributed by atoms with Crippen molar-refractivity contribution in [2.75, 3.05) is 31.1 Å². The maximum absolute atomic E-state index is 13.2. The zero-order chi connectivity index (χ0) is 23.7. The van der Waals surface area contributed by atoms with E-state index in [-0.39, 0.29) is 5.91 Å². The standard InChI is InChI=1S/C24H27F3N6O/c25-24(26,27)19-7-3-6-18(16-19)20-10-11-28-22-29-23(30-33(20)22)32-14-12-31(13-15-32)21(34)9-8-17-4-1-2-5-17/h3,6-7,10-11,16-17H,1-2,4-5,8-9,12-15H2. The zero-order valence-corrected chi connectivity index (χ0v) is 18.8. The molecular formula is C24H27F3N6O. The van der Waals surface area contributed by atoms with Crippen molar-refractivity contribution < 1.29 is 18.0 Å². The largest absolute Gasteiger partial charge is 0.416 e. The Balaban J connectivity index is 1.28. The topological polar surface area (TPSA) is 66.6 Å². The van der Waals surface area contributed by atoms with E-state index in [4.69, 9.17) is 0 Å². The predicted octanol–water partition coefficient (Wildman–Crippen LogP) is 4.43. The number of benzene rings is 1. The number of amides is 1. The lowest BCUT2D eigenvalue weighted by Crippen LogP contribution is -2.49. The molecule has 0 radical (unpaired) electrons. The van der Waals surface area contributed by atoms with Crippen LogP contribution >= 0.6 is 0 Å². The molecule has 10 heteroatoms.